The van der Waals surface area contributed by atoms with Crippen LogP contribution in [0.4, 0.5) is 0 Å². The summed E-state index contributed by atoms with van der Waals surface area (Å²) in [6.07, 6.45) is 3.84. The molecule has 5 rings (SSSR count). The third kappa shape index (κ3) is 6.18. The fourth-order valence-corrected chi connectivity index (χ4v) is 5.39. The van der Waals surface area contributed by atoms with Gasteiger partial charge in [-0.25, -0.2) is 4.98 Å². The summed E-state index contributed by atoms with van der Waals surface area (Å²) in [5.74, 6) is 1.18. The van der Waals surface area contributed by atoms with Gasteiger partial charge in [0.15, 0.2) is 17.3 Å². The van der Waals surface area contributed by atoms with E-state index in [-0.39, 0.29) is 30.1 Å². The molecule has 0 amide bonds. The molecule has 3 aromatic rings. The van der Waals surface area contributed by atoms with E-state index in [2.05, 4.69) is 56.1 Å². The highest BCUT2D eigenvalue weighted by molar-refractivity contribution is 5.96. The summed E-state index contributed by atoms with van der Waals surface area (Å²) in [7, 11) is 3.73. The van der Waals surface area contributed by atoms with E-state index in [0.29, 0.717) is 22.8 Å². The lowest BCUT2D eigenvalue weighted by Crippen LogP contribution is -2.29. The lowest BCUT2D eigenvalue weighted by Gasteiger charge is -2.29. The van der Waals surface area contributed by atoms with E-state index >= 15 is 0 Å². The summed E-state index contributed by atoms with van der Waals surface area (Å²) in [4.78, 5) is 20.5. The number of likely N-dealkylation sites (N-methyl/N-ethyl adjacent to an activating group) is 1. The van der Waals surface area contributed by atoms with Gasteiger partial charge >= 0.3 is 0 Å². The molecule has 39 heavy (non-hydrogen) atoms. The Morgan fingerprint density at radius 2 is 1.87 bits per heavy atom. The van der Waals surface area contributed by atoms with Crippen molar-refractivity contribution < 1.29 is 19.4 Å². The van der Waals surface area contributed by atoms with Crippen molar-refractivity contribution in [3.05, 3.63) is 77.0 Å². The van der Waals surface area contributed by atoms with Crippen molar-refractivity contribution in [2.75, 3.05) is 27.2 Å². The minimum Gasteiger partial charge on any atom is -0.493 e. The molecule has 2 unspecified atom stereocenters. The lowest BCUT2D eigenvalue weighted by atomic mass is 9.80. The van der Waals surface area contributed by atoms with Crippen molar-refractivity contribution in [2.45, 2.75) is 70.0 Å². The van der Waals surface area contributed by atoms with E-state index in [9.17, 15) is 9.90 Å². The van der Waals surface area contributed by atoms with Crippen molar-refractivity contribution in [1.29, 1.82) is 0 Å². The number of nitrogens with zero attached hydrogens (tertiary/aromatic N) is 2. The molecule has 206 valence electrons. The van der Waals surface area contributed by atoms with Crippen LogP contribution in [-0.4, -0.2) is 54.1 Å². The van der Waals surface area contributed by atoms with Gasteiger partial charge in [0, 0.05) is 29.5 Å². The molecule has 2 aliphatic rings. The number of ether oxygens (including phenoxy) is 2. The number of Topliss-reactive ketones (excluding diaryl/α,β-unsaturated/α-hetero) is 1. The zero-order chi connectivity index (χ0) is 27.8. The van der Waals surface area contributed by atoms with Gasteiger partial charge in [-0.05, 0) is 89.0 Å². The lowest BCUT2D eigenvalue weighted by molar-refractivity contribution is 0.0396. The van der Waals surface area contributed by atoms with Gasteiger partial charge < -0.3 is 19.5 Å². The Kier molecular flexibility index (Phi) is 7.53. The Labute approximate surface area is 232 Å². The standard InChI is InChI=1S/C33H40N2O4/c1-22-6-8-23(9-7-22)27-19-25(32(2)16-17-35(4)21-32)20-31(34-27)33(3,37)15-14-28(36)24-10-13-29(30(18-24)38-5)39-26-11-12-26/h6-10,13,18-20,26,37H,11-12,14-17,21H2,1-5H3. The van der Waals surface area contributed by atoms with Crippen LogP contribution in [0, 0.1) is 6.92 Å². The van der Waals surface area contributed by atoms with Crippen LogP contribution in [0.2, 0.25) is 0 Å². The van der Waals surface area contributed by atoms with Crippen LogP contribution in [0.25, 0.3) is 11.3 Å². The van der Waals surface area contributed by atoms with Crippen LogP contribution in [0.3, 0.4) is 0 Å². The summed E-state index contributed by atoms with van der Waals surface area (Å²) in [6.45, 7) is 8.11. The minimum absolute atomic E-state index is 0.0291. The largest absolute Gasteiger partial charge is 0.493 e. The number of carbonyl (C=O) groups excluding carboxylic acids is 1. The molecule has 1 N–H and O–H groups in total. The fourth-order valence-electron chi connectivity index (χ4n) is 5.39. The number of benzene rings is 2. The molecule has 1 saturated carbocycles. The fraction of sp³-hybridized carbons (Fsp3) is 0.455. The zero-order valence-electron chi connectivity index (χ0n) is 23.8. The minimum atomic E-state index is -1.27. The highest BCUT2D eigenvalue weighted by Gasteiger charge is 2.36. The topological polar surface area (TPSA) is 71.9 Å². The first-order chi connectivity index (χ1) is 18.6. The number of aryl methyl sites for hydroxylation is 1. The van der Waals surface area contributed by atoms with E-state index in [1.54, 1.807) is 32.2 Å². The molecule has 6 heteroatoms. The maximum absolute atomic E-state index is 13.2. The van der Waals surface area contributed by atoms with Crippen molar-refractivity contribution in [3.63, 3.8) is 0 Å². The maximum atomic E-state index is 13.2. The van der Waals surface area contributed by atoms with E-state index in [4.69, 9.17) is 14.5 Å². The number of rotatable bonds is 10. The SMILES string of the molecule is COc1cc(C(=O)CCC(C)(O)c2cc(C3(C)CCN(C)C3)cc(-c3ccc(C)cc3)n2)ccc1OC1CC1. The van der Waals surface area contributed by atoms with Gasteiger partial charge in [0.1, 0.15) is 5.60 Å². The summed E-state index contributed by atoms with van der Waals surface area (Å²) in [5.41, 5.74) is 4.08. The van der Waals surface area contributed by atoms with Gasteiger partial charge in [-0.1, -0.05) is 36.8 Å². The Morgan fingerprint density at radius 1 is 1.13 bits per heavy atom. The van der Waals surface area contributed by atoms with E-state index in [0.717, 1.165) is 43.6 Å². The molecular weight excluding hydrogens is 488 g/mol. The van der Waals surface area contributed by atoms with Crippen LogP contribution >= 0.6 is 0 Å². The Hall–Kier alpha value is -3.22. The second-order valence-corrected chi connectivity index (χ2v) is 11.9. The number of likely N-dealkylation sites (tertiary alicyclic amines) is 1. The van der Waals surface area contributed by atoms with Crippen LogP contribution in [-0.2, 0) is 11.0 Å². The molecule has 1 aromatic heterocycles. The second kappa shape index (κ2) is 10.7. The van der Waals surface area contributed by atoms with Gasteiger partial charge in [-0.3, -0.25) is 4.79 Å². The van der Waals surface area contributed by atoms with E-state index in [1.807, 2.05) is 6.07 Å². The number of hydrogen-bond acceptors (Lipinski definition) is 6. The third-order valence-electron chi connectivity index (χ3n) is 8.23. The normalized spacial score (nSPS) is 21.0. The van der Waals surface area contributed by atoms with Crippen molar-refractivity contribution in [2.24, 2.45) is 0 Å². The molecule has 0 radical (unpaired) electrons. The number of aliphatic hydroxyl groups is 1. The van der Waals surface area contributed by atoms with E-state index in [1.165, 1.54) is 11.1 Å². The average Bonchev–Trinajstić information content (AvgIpc) is 3.68. The monoisotopic (exact) mass is 528 g/mol. The van der Waals surface area contributed by atoms with Crippen LogP contribution in [0.15, 0.2) is 54.6 Å². The molecular formula is C33H40N2O4. The molecule has 2 heterocycles. The second-order valence-electron chi connectivity index (χ2n) is 11.9. The van der Waals surface area contributed by atoms with Crippen molar-refractivity contribution in [3.8, 4) is 22.8 Å². The summed E-state index contributed by atoms with van der Waals surface area (Å²) >= 11 is 0. The molecule has 1 aliphatic carbocycles. The zero-order valence-corrected chi connectivity index (χ0v) is 23.8. The predicted octanol–water partition coefficient (Wildman–Crippen LogP) is 6.07. The molecule has 1 aliphatic heterocycles. The van der Waals surface area contributed by atoms with E-state index < -0.39 is 5.60 Å². The Balaban J connectivity index is 1.40. The Morgan fingerprint density at radius 3 is 2.51 bits per heavy atom. The van der Waals surface area contributed by atoms with Gasteiger partial charge in [-0.15, -0.1) is 0 Å². The number of carbonyl (C=O) groups is 1. The van der Waals surface area contributed by atoms with Gasteiger partial charge in [-0.2, -0.15) is 0 Å². The van der Waals surface area contributed by atoms with Crippen molar-refractivity contribution in [1.82, 2.24) is 9.88 Å². The predicted molar refractivity (Wildman–Crippen MR) is 154 cm³/mol. The number of aromatic nitrogens is 1. The molecule has 2 aromatic carbocycles. The summed E-state index contributed by atoms with van der Waals surface area (Å²) in [5, 5.41) is 11.7. The molecule has 2 atom stereocenters. The number of methoxy groups -OCH3 is 1. The molecule has 6 nitrogen and oxygen atoms in total. The summed E-state index contributed by atoms with van der Waals surface area (Å²) in [6, 6.07) is 17.9. The first-order valence-corrected chi connectivity index (χ1v) is 14.0. The van der Waals surface area contributed by atoms with Gasteiger partial charge in [0.2, 0.25) is 0 Å². The van der Waals surface area contributed by atoms with Crippen LogP contribution < -0.4 is 9.47 Å². The number of ketones is 1. The molecule has 1 saturated heterocycles. The van der Waals surface area contributed by atoms with Crippen molar-refractivity contribution >= 4 is 5.78 Å². The van der Waals surface area contributed by atoms with Crippen LogP contribution in [0.5, 0.6) is 11.5 Å². The highest BCUT2D eigenvalue weighted by Crippen LogP contribution is 2.38. The Bertz CT molecular complexity index is 1350. The third-order valence-corrected chi connectivity index (χ3v) is 8.23. The first-order valence-electron chi connectivity index (χ1n) is 14.0. The quantitative estimate of drug-likeness (QED) is 0.322. The van der Waals surface area contributed by atoms with Gasteiger partial charge in [0.05, 0.1) is 24.6 Å². The summed E-state index contributed by atoms with van der Waals surface area (Å²) < 4.78 is 11.4. The van der Waals surface area contributed by atoms with Gasteiger partial charge in [0.25, 0.3) is 0 Å². The average molecular weight is 529 g/mol. The number of hydrogen-bond donors (Lipinski definition) is 1. The first kappa shape index (κ1) is 27.4. The smallest absolute Gasteiger partial charge is 0.163 e. The number of pyridine rings is 1. The molecule has 2 fully saturated rings. The highest BCUT2D eigenvalue weighted by atomic mass is 16.5. The molecule has 0 spiro atoms. The van der Waals surface area contributed by atoms with Crippen LogP contribution in [0.1, 0.15) is 73.1 Å². The molecule has 0 bridgehead atoms. The maximum Gasteiger partial charge on any atom is 0.163 e.